The van der Waals surface area contributed by atoms with Crippen molar-refractivity contribution in [1.29, 1.82) is 0 Å². The molecule has 2 N–H and O–H groups in total. The Morgan fingerprint density at radius 3 is 2.06 bits per heavy atom. The van der Waals surface area contributed by atoms with Gasteiger partial charge in [0, 0.05) is 11.0 Å². The Kier molecular flexibility index (Phi) is 5.16. The fourth-order valence-electron chi connectivity index (χ4n) is 1.08. The zero-order chi connectivity index (χ0) is 13.9. The first-order chi connectivity index (χ1) is 7.40. The van der Waals surface area contributed by atoms with Gasteiger partial charge in [0.2, 0.25) is 5.91 Å². The van der Waals surface area contributed by atoms with Crippen molar-refractivity contribution in [3.8, 4) is 0 Å². The summed E-state index contributed by atoms with van der Waals surface area (Å²) in [5.74, 6) is -0.465. The Morgan fingerprint density at radius 1 is 1.24 bits per heavy atom. The fraction of sp³-hybridized carbons (Fsp3) is 0.909. The van der Waals surface area contributed by atoms with Crippen molar-refractivity contribution < 1.29 is 17.8 Å². The van der Waals surface area contributed by atoms with Crippen LogP contribution < -0.4 is 5.32 Å². The number of carbonyl (C=O) groups excluding carboxylic acids is 1. The van der Waals surface area contributed by atoms with Gasteiger partial charge in [-0.2, -0.15) is 8.42 Å². The molecule has 0 radical (unpaired) electrons. The first-order valence-electron chi connectivity index (χ1n) is 5.67. The average Bonchev–Trinajstić information content (AvgIpc) is 2.13. The minimum Gasteiger partial charge on any atom is -0.351 e. The molecule has 0 aliphatic heterocycles. The van der Waals surface area contributed by atoms with Crippen LogP contribution in [0.15, 0.2) is 0 Å². The summed E-state index contributed by atoms with van der Waals surface area (Å²) in [6.07, 6.45) is 0.880. The maximum Gasteiger partial charge on any atom is 0.264 e. The average molecular weight is 265 g/mol. The lowest BCUT2D eigenvalue weighted by molar-refractivity contribution is -0.131. The van der Waals surface area contributed by atoms with Crippen LogP contribution in [-0.2, 0) is 14.9 Å². The SMILES string of the molecule is CCC(C)(C)C(=O)NC(C)(C)CCS(=O)(=O)O. The predicted molar refractivity (Wildman–Crippen MR) is 67.3 cm³/mol. The smallest absolute Gasteiger partial charge is 0.264 e. The van der Waals surface area contributed by atoms with Gasteiger partial charge in [-0.1, -0.05) is 20.8 Å². The topological polar surface area (TPSA) is 83.5 Å². The summed E-state index contributed by atoms with van der Waals surface area (Å²) in [7, 11) is -3.99. The van der Waals surface area contributed by atoms with E-state index in [1.807, 2.05) is 20.8 Å². The van der Waals surface area contributed by atoms with Crippen LogP contribution in [0.1, 0.15) is 47.5 Å². The second-order valence-electron chi connectivity index (χ2n) is 5.61. The predicted octanol–water partition coefficient (Wildman–Crippen LogP) is 1.60. The first-order valence-corrected chi connectivity index (χ1v) is 7.28. The van der Waals surface area contributed by atoms with Crippen molar-refractivity contribution >= 4 is 16.0 Å². The van der Waals surface area contributed by atoms with E-state index >= 15 is 0 Å². The van der Waals surface area contributed by atoms with Crippen LogP contribution in [-0.4, -0.2) is 30.2 Å². The van der Waals surface area contributed by atoms with E-state index in [2.05, 4.69) is 5.32 Å². The molecule has 1 amide bonds. The van der Waals surface area contributed by atoms with Gasteiger partial charge >= 0.3 is 0 Å². The van der Waals surface area contributed by atoms with Crippen molar-refractivity contribution in [2.45, 2.75) is 53.0 Å². The second kappa shape index (κ2) is 5.35. The highest BCUT2D eigenvalue weighted by atomic mass is 32.2. The summed E-state index contributed by atoms with van der Waals surface area (Å²) in [6, 6.07) is 0. The van der Waals surface area contributed by atoms with Gasteiger partial charge < -0.3 is 5.32 Å². The Bertz CT molecular complexity index is 371. The van der Waals surface area contributed by atoms with Gasteiger partial charge in [-0.3, -0.25) is 9.35 Å². The van der Waals surface area contributed by atoms with Gasteiger partial charge in [-0.05, 0) is 26.7 Å². The standard InChI is InChI=1S/C11H23NO4S/c1-6-10(2,3)9(13)12-11(4,5)7-8-17(14,15)16/h6-8H2,1-5H3,(H,12,13)(H,14,15,16). The van der Waals surface area contributed by atoms with Crippen molar-refractivity contribution in [2.75, 3.05) is 5.75 Å². The molecule has 0 aromatic carbocycles. The lowest BCUT2D eigenvalue weighted by Gasteiger charge is -2.31. The molecule has 0 bridgehead atoms. The van der Waals surface area contributed by atoms with E-state index in [0.29, 0.717) is 6.42 Å². The summed E-state index contributed by atoms with van der Waals surface area (Å²) >= 11 is 0. The van der Waals surface area contributed by atoms with E-state index in [0.717, 1.165) is 0 Å². The maximum absolute atomic E-state index is 11.9. The third-order valence-corrected chi connectivity index (χ3v) is 3.66. The maximum atomic E-state index is 11.9. The molecule has 0 aromatic rings. The summed E-state index contributed by atoms with van der Waals surface area (Å²) in [6.45, 7) is 9.07. The van der Waals surface area contributed by atoms with Crippen LogP contribution >= 0.6 is 0 Å². The minimum absolute atomic E-state index is 0.111. The zero-order valence-corrected chi connectivity index (χ0v) is 12.0. The zero-order valence-electron chi connectivity index (χ0n) is 11.2. The molecule has 0 aromatic heterocycles. The van der Waals surface area contributed by atoms with Crippen molar-refractivity contribution in [1.82, 2.24) is 5.32 Å². The summed E-state index contributed by atoms with van der Waals surface area (Å²) in [4.78, 5) is 11.9. The van der Waals surface area contributed by atoms with Gasteiger partial charge in [-0.25, -0.2) is 0 Å². The van der Waals surface area contributed by atoms with E-state index in [1.54, 1.807) is 13.8 Å². The molecule has 0 saturated carbocycles. The Labute approximate surface area is 104 Å². The Morgan fingerprint density at radius 2 is 1.71 bits per heavy atom. The number of amides is 1. The van der Waals surface area contributed by atoms with Crippen molar-refractivity contribution in [2.24, 2.45) is 5.41 Å². The lowest BCUT2D eigenvalue weighted by Crippen LogP contribution is -2.49. The second-order valence-corrected chi connectivity index (χ2v) is 7.18. The molecule has 0 saturated heterocycles. The van der Waals surface area contributed by atoms with E-state index in [1.165, 1.54) is 0 Å². The van der Waals surface area contributed by atoms with E-state index in [-0.39, 0.29) is 18.1 Å². The van der Waals surface area contributed by atoms with Gasteiger partial charge in [-0.15, -0.1) is 0 Å². The molecular weight excluding hydrogens is 242 g/mol. The number of nitrogens with one attached hydrogen (secondary N) is 1. The molecule has 17 heavy (non-hydrogen) atoms. The van der Waals surface area contributed by atoms with Crippen LogP contribution in [0, 0.1) is 5.41 Å². The van der Waals surface area contributed by atoms with Gasteiger partial charge in [0.15, 0.2) is 0 Å². The van der Waals surface area contributed by atoms with Crippen LogP contribution in [0.5, 0.6) is 0 Å². The Hall–Kier alpha value is -0.620. The van der Waals surface area contributed by atoms with Crippen LogP contribution in [0.3, 0.4) is 0 Å². The fourth-order valence-corrected chi connectivity index (χ4v) is 1.85. The molecule has 0 rings (SSSR count). The normalized spacial score (nSPS) is 13.5. The summed E-state index contributed by atoms with van der Waals surface area (Å²) in [5.41, 5.74) is -1.13. The van der Waals surface area contributed by atoms with Crippen LogP contribution in [0.25, 0.3) is 0 Å². The summed E-state index contributed by atoms with van der Waals surface area (Å²) < 4.78 is 30.0. The van der Waals surface area contributed by atoms with Crippen molar-refractivity contribution in [3.05, 3.63) is 0 Å². The van der Waals surface area contributed by atoms with Crippen LogP contribution in [0.2, 0.25) is 0 Å². The summed E-state index contributed by atoms with van der Waals surface area (Å²) in [5, 5.41) is 2.81. The monoisotopic (exact) mass is 265 g/mol. The van der Waals surface area contributed by atoms with Crippen molar-refractivity contribution in [3.63, 3.8) is 0 Å². The van der Waals surface area contributed by atoms with E-state index in [9.17, 15) is 13.2 Å². The molecular formula is C11H23NO4S. The molecule has 0 unspecified atom stereocenters. The molecule has 0 heterocycles. The van der Waals surface area contributed by atoms with Gasteiger partial charge in [0.1, 0.15) is 0 Å². The molecule has 102 valence electrons. The van der Waals surface area contributed by atoms with Gasteiger partial charge in [0.05, 0.1) is 5.75 Å². The van der Waals surface area contributed by atoms with Crippen LogP contribution in [0.4, 0.5) is 0 Å². The first kappa shape index (κ1) is 16.4. The molecule has 0 aliphatic rings. The highest BCUT2D eigenvalue weighted by Crippen LogP contribution is 2.22. The number of hydrogen-bond donors (Lipinski definition) is 2. The van der Waals surface area contributed by atoms with E-state index < -0.39 is 21.1 Å². The number of hydrogen-bond acceptors (Lipinski definition) is 3. The number of rotatable bonds is 6. The molecule has 6 heteroatoms. The third kappa shape index (κ3) is 6.63. The largest absolute Gasteiger partial charge is 0.351 e. The molecule has 0 aliphatic carbocycles. The quantitative estimate of drug-likeness (QED) is 0.714. The molecule has 0 fully saturated rings. The molecule has 0 atom stereocenters. The highest BCUT2D eigenvalue weighted by molar-refractivity contribution is 7.85. The third-order valence-electron chi connectivity index (χ3n) is 2.94. The highest BCUT2D eigenvalue weighted by Gasteiger charge is 2.30. The van der Waals surface area contributed by atoms with E-state index in [4.69, 9.17) is 4.55 Å². The minimum atomic E-state index is -3.99. The number of carbonyl (C=O) groups is 1. The molecule has 0 spiro atoms. The Balaban J connectivity index is 4.51. The molecule has 5 nitrogen and oxygen atoms in total. The van der Waals surface area contributed by atoms with Gasteiger partial charge in [0.25, 0.3) is 10.1 Å². The lowest BCUT2D eigenvalue weighted by atomic mass is 9.87.